The summed E-state index contributed by atoms with van der Waals surface area (Å²) in [5, 5.41) is 15.5. The molecule has 0 unspecified atom stereocenters. The standard InChI is InChI=1S/C18H27N5O2/c1-5-16-21-22-18(25-16)15-7-6-10-23(13(15)4)17(24)9-8-14-11(2)19-20-12(14)3/h13,15H,5-10H2,1-4H3,(H,19,20)/t13-,15-/m0/s1. The van der Waals surface area contributed by atoms with E-state index in [-0.39, 0.29) is 17.9 Å². The predicted molar refractivity (Wildman–Crippen MR) is 93.2 cm³/mol. The molecule has 2 atom stereocenters. The molecule has 1 N–H and O–H groups in total. The molecule has 0 radical (unpaired) electrons. The number of aromatic amines is 1. The van der Waals surface area contributed by atoms with Crippen LogP contribution in [-0.2, 0) is 17.6 Å². The molecule has 1 aliphatic rings. The minimum absolute atomic E-state index is 0.0814. The first-order chi connectivity index (χ1) is 12.0. The first-order valence-electron chi connectivity index (χ1n) is 9.13. The maximum atomic E-state index is 12.8. The van der Waals surface area contributed by atoms with Gasteiger partial charge in [0.25, 0.3) is 0 Å². The molecule has 25 heavy (non-hydrogen) atoms. The van der Waals surface area contributed by atoms with Crippen molar-refractivity contribution in [1.82, 2.24) is 25.3 Å². The summed E-state index contributed by atoms with van der Waals surface area (Å²) in [6.45, 7) is 8.86. The Balaban J connectivity index is 1.65. The fourth-order valence-corrected chi connectivity index (χ4v) is 3.70. The van der Waals surface area contributed by atoms with E-state index in [2.05, 4.69) is 27.3 Å². The zero-order valence-corrected chi connectivity index (χ0v) is 15.5. The fourth-order valence-electron chi connectivity index (χ4n) is 3.70. The van der Waals surface area contributed by atoms with E-state index in [9.17, 15) is 4.79 Å². The Morgan fingerprint density at radius 3 is 2.80 bits per heavy atom. The van der Waals surface area contributed by atoms with Gasteiger partial charge in [-0.15, -0.1) is 10.2 Å². The number of nitrogens with one attached hydrogen (secondary N) is 1. The average Bonchev–Trinajstić information content (AvgIpc) is 3.20. The van der Waals surface area contributed by atoms with Crippen LogP contribution in [0, 0.1) is 13.8 Å². The molecule has 0 aliphatic carbocycles. The molecule has 0 saturated carbocycles. The lowest BCUT2D eigenvalue weighted by molar-refractivity contribution is -0.135. The molecule has 136 valence electrons. The molecule has 0 spiro atoms. The number of carbonyl (C=O) groups excluding carboxylic acids is 1. The van der Waals surface area contributed by atoms with Crippen molar-refractivity contribution in [3.05, 3.63) is 28.7 Å². The number of piperidine rings is 1. The highest BCUT2D eigenvalue weighted by atomic mass is 16.4. The number of hydrogen-bond acceptors (Lipinski definition) is 5. The monoisotopic (exact) mass is 345 g/mol. The topological polar surface area (TPSA) is 87.9 Å². The Labute approximate surface area is 148 Å². The highest BCUT2D eigenvalue weighted by molar-refractivity contribution is 5.77. The number of nitrogens with zero attached hydrogens (tertiary/aromatic N) is 4. The number of H-pyrrole nitrogens is 1. The van der Waals surface area contributed by atoms with Crippen LogP contribution in [0.3, 0.4) is 0 Å². The molecule has 1 saturated heterocycles. The smallest absolute Gasteiger partial charge is 0.223 e. The minimum Gasteiger partial charge on any atom is -0.425 e. The zero-order valence-electron chi connectivity index (χ0n) is 15.5. The maximum absolute atomic E-state index is 12.8. The van der Waals surface area contributed by atoms with Crippen molar-refractivity contribution < 1.29 is 9.21 Å². The summed E-state index contributed by atoms with van der Waals surface area (Å²) in [6.07, 6.45) is 3.91. The summed E-state index contributed by atoms with van der Waals surface area (Å²) in [6, 6.07) is 0.0814. The SMILES string of the molecule is CCc1nnc([C@H]2CCCN(C(=O)CCc3c(C)n[nH]c3C)[C@H]2C)o1. The van der Waals surface area contributed by atoms with Crippen molar-refractivity contribution in [2.75, 3.05) is 6.54 Å². The lowest BCUT2D eigenvalue weighted by Crippen LogP contribution is -2.46. The van der Waals surface area contributed by atoms with Crippen LogP contribution in [0.15, 0.2) is 4.42 Å². The second-order valence-corrected chi connectivity index (χ2v) is 6.88. The van der Waals surface area contributed by atoms with Crippen LogP contribution in [0.25, 0.3) is 0 Å². The van der Waals surface area contributed by atoms with Crippen molar-refractivity contribution >= 4 is 5.91 Å². The summed E-state index contributed by atoms with van der Waals surface area (Å²) in [5.74, 6) is 1.65. The van der Waals surface area contributed by atoms with Crippen LogP contribution in [0.4, 0.5) is 0 Å². The third-order valence-electron chi connectivity index (χ3n) is 5.28. The van der Waals surface area contributed by atoms with Gasteiger partial charge in [-0.25, -0.2) is 0 Å². The molecule has 1 aliphatic heterocycles. The number of rotatable bonds is 5. The van der Waals surface area contributed by atoms with E-state index < -0.39 is 0 Å². The molecular weight excluding hydrogens is 318 g/mol. The van der Waals surface area contributed by atoms with Crippen molar-refractivity contribution in [2.45, 2.75) is 71.8 Å². The number of aromatic nitrogens is 4. The Kier molecular flexibility index (Phi) is 5.20. The van der Waals surface area contributed by atoms with E-state index in [1.165, 1.54) is 0 Å². The molecule has 1 fully saturated rings. The number of carbonyl (C=O) groups is 1. The highest BCUT2D eigenvalue weighted by Gasteiger charge is 2.35. The van der Waals surface area contributed by atoms with Crippen LogP contribution in [-0.4, -0.2) is 43.8 Å². The quantitative estimate of drug-likeness (QED) is 0.900. The zero-order chi connectivity index (χ0) is 18.0. The Hall–Kier alpha value is -2.18. The average molecular weight is 345 g/mol. The van der Waals surface area contributed by atoms with E-state index in [0.29, 0.717) is 18.2 Å². The van der Waals surface area contributed by atoms with Crippen LogP contribution in [0.5, 0.6) is 0 Å². The van der Waals surface area contributed by atoms with Crippen molar-refractivity contribution in [3.63, 3.8) is 0 Å². The normalized spacial score (nSPS) is 20.9. The molecule has 7 heteroatoms. The van der Waals surface area contributed by atoms with E-state index in [0.717, 1.165) is 49.2 Å². The number of aryl methyl sites for hydroxylation is 3. The number of hydrogen-bond donors (Lipinski definition) is 1. The van der Waals surface area contributed by atoms with Crippen molar-refractivity contribution in [2.24, 2.45) is 0 Å². The molecule has 7 nitrogen and oxygen atoms in total. The maximum Gasteiger partial charge on any atom is 0.223 e. The van der Waals surface area contributed by atoms with Gasteiger partial charge in [0.15, 0.2) is 0 Å². The van der Waals surface area contributed by atoms with Crippen LogP contribution in [0.2, 0.25) is 0 Å². The molecule has 2 aromatic rings. The van der Waals surface area contributed by atoms with Gasteiger partial charge in [0.2, 0.25) is 17.7 Å². The minimum atomic E-state index is 0.0814. The Morgan fingerprint density at radius 1 is 1.36 bits per heavy atom. The number of likely N-dealkylation sites (tertiary alicyclic amines) is 1. The predicted octanol–water partition coefficient (Wildman–Crippen LogP) is 2.70. The van der Waals surface area contributed by atoms with Gasteiger partial charge in [-0.2, -0.15) is 5.10 Å². The van der Waals surface area contributed by atoms with Gasteiger partial charge >= 0.3 is 0 Å². The molecule has 0 bridgehead atoms. The molecule has 0 aromatic carbocycles. The summed E-state index contributed by atoms with van der Waals surface area (Å²) in [5.41, 5.74) is 3.18. The summed E-state index contributed by atoms with van der Waals surface area (Å²) in [4.78, 5) is 14.8. The van der Waals surface area contributed by atoms with Gasteiger partial charge in [0, 0.05) is 31.1 Å². The van der Waals surface area contributed by atoms with E-state index >= 15 is 0 Å². The van der Waals surface area contributed by atoms with Crippen LogP contribution >= 0.6 is 0 Å². The van der Waals surface area contributed by atoms with Crippen LogP contribution < -0.4 is 0 Å². The van der Waals surface area contributed by atoms with Gasteiger partial charge in [0.05, 0.1) is 11.6 Å². The largest absolute Gasteiger partial charge is 0.425 e. The molecule has 1 amide bonds. The Bertz CT molecular complexity index is 716. The second-order valence-electron chi connectivity index (χ2n) is 6.88. The van der Waals surface area contributed by atoms with Crippen molar-refractivity contribution in [1.29, 1.82) is 0 Å². The molecular formula is C18H27N5O2. The van der Waals surface area contributed by atoms with E-state index in [4.69, 9.17) is 4.42 Å². The van der Waals surface area contributed by atoms with Gasteiger partial charge < -0.3 is 9.32 Å². The van der Waals surface area contributed by atoms with Gasteiger partial charge in [-0.05, 0) is 45.6 Å². The Morgan fingerprint density at radius 2 is 2.16 bits per heavy atom. The fraction of sp³-hybridized carbons (Fsp3) is 0.667. The summed E-state index contributed by atoms with van der Waals surface area (Å²) < 4.78 is 5.75. The molecule has 3 heterocycles. The van der Waals surface area contributed by atoms with Gasteiger partial charge in [-0.1, -0.05) is 6.92 Å². The molecule has 2 aromatic heterocycles. The summed E-state index contributed by atoms with van der Waals surface area (Å²) in [7, 11) is 0. The third kappa shape index (κ3) is 3.60. The molecule has 3 rings (SSSR count). The summed E-state index contributed by atoms with van der Waals surface area (Å²) >= 11 is 0. The third-order valence-corrected chi connectivity index (χ3v) is 5.28. The highest BCUT2D eigenvalue weighted by Crippen LogP contribution is 2.32. The van der Waals surface area contributed by atoms with Crippen LogP contribution in [0.1, 0.15) is 67.8 Å². The number of amides is 1. The lowest BCUT2D eigenvalue weighted by atomic mass is 9.89. The second kappa shape index (κ2) is 7.37. The first kappa shape index (κ1) is 17.6. The first-order valence-corrected chi connectivity index (χ1v) is 9.13. The van der Waals surface area contributed by atoms with E-state index in [1.54, 1.807) is 0 Å². The van der Waals surface area contributed by atoms with Gasteiger partial charge in [-0.3, -0.25) is 9.89 Å². The van der Waals surface area contributed by atoms with E-state index in [1.807, 2.05) is 25.7 Å². The van der Waals surface area contributed by atoms with Gasteiger partial charge in [0.1, 0.15) is 0 Å². The lowest BCUT2D eigenvalue weighted by Gasteiger charge is -2.38. The van der Waals surface area contributed by atoms with Crippen molar-refractivity contribution in [3.8, 4) is 0 Å².